The minimum absolute atomic E-state index is 0.0259. The summed E-state index contributed by atoms with van der Waals surface area (Å²) < 4.78 is 5.62. The van der Waals surface area contributed by atoms with Crippen molar-refractivity contribution in [3.63, 3.8) is 0 Å². The highest BCUT2D eigenvalue weighted by atomic mass is 32.2. The average molecular weight is 387 g/mol. The zero-order valence-corrected chi connectivity index (χ0v) is 16.3. The van der Waals surface area contributed by atoms with Gasteiger partial charge in [0.25, 0.3) is 0 Å². The number of nitrogens with zero attached hydrogens (tertiary/aromatic N) is 1. The van der Waals surface area contributed by atoms with E-state index in [1.807, 2.05) is 19.1 Å². The Kier molecular flexibility index (Phi) is 8.99. The van der Waals surface area contributed by atoms with Gasteiger partial charge in [-0.05, 0) is 73.7 Å². The molecule has 0 saturated carbocycles. The largest absolute Gasteiger partial charge is 0.508 e. The monoisotopic (exact) mass is 386 g/mol. The molecule has 0 bridgehead atoms. The summed E-state index contributed by atoms with van der Waals surface area (Å²) in [7, 11) is 0. The zero-order valence-electron chi connectivity index (χ0n) is 15.5. The van der Waals surface area contributed by atoms with Gasteiger partial charge in [-0.25, -0.2) is 0 Å². The van der Waals surface area contributed by atoms with Gasteiger partial charge in [-0.15, -0.1) is 11.8 Å². The SMILES string of the molecule is CCC(NCCCSc1ccc(O)cc1)C(O)COc1ccc(C#N)cc1. The fourth-order valence-corrected chi connectivity index (χ4v) is 3.42. The van der Waals surface area contributed by atoms with Gasteiger partial charge in [-0.3, -0.25) is 0 Å². The molecule has 2 unspecified atom stereocenters. The van der Waals surface area contributed by atoms with Crippen molar-refractivity contribution in [3.8, 4) is 17.6 Å². The number of thioether (sulfide) groups is 1. The van der Waals surface area contributed by atoms with Crippen molar-refractivity contribution in [2.24, 2.45) is 0 Å². The Morgan fingerprint density at radius 1 is 1.15 bits per heavy atom. The van der Waals surface area contributed by atoms with E-state index in [1.54, 1.807) is 48.2 Å². The highest BCUT2D eigenvalue weighted by Gasteiger charge is 2.17. The standard InChI is InChI=1S/C21H26N2O3S/c1-2-20(21(25)15-26-18-8-4-16(14-22)5-9-18)23-12-3-13-27-19-10-6-17(24)7-11-19/h4-11,20-21,23-25H,2-3,12-13,15H2,1H3. The predicted molar refractivity (Wildman–Crippen MR) is 108 cm³/mol. The van der Waals surface area contributed by atoms with Crippen LogP contribution in [0.25, 0.3) is 0 Å². The van der Waals surface area contributed by atoms with Crippen LogP contribution < -0.4 is 10.1 Å². The number of phenolic OH excluding ortho intramolecular Hbond substituents is 1. The molecule has 2 rings (SSSR count). The third kappa shape index (κ3) is 7.51. The molecule has 0 aromatic heterocycles. The maximum absolute atomic E-state index is 10.4. The van der Waals surface area contributed by atoms with E-state index in [1.165, 1.54) is 0 Å². The van der Waals surface area contributed by atoms with Crippen LogP contribution >= 0.6 is 11.8 Å². The second kappa shape index (κ2) is 11.5. The van der Waals surface area contributed by atoms with Crippen molar-refractivity contribution in [2.45, 2.75) is 36.8 Å². The lowest BCUT2D eigenvalue weighted by Crippen LogP contribution is -2.43. The molecule has 0 heterocycles. The molecule has 2 aromatic carbocycles. The molecule has 2 aromatic rings. The van der Waals surface area contributed by atoms with E-state index < -0.39 is 6.10 Å². The molecule has 0 aliphatic carbocycles. The minimum atomic E-state index is -0.601. The summed E-state index contributed by atoms with van der Waals surface area (Å²) in [5, 5.41) is 31.8. The van der Waals surface area contributed by atoms with E-state index in [2.05, 4.69) is 11.4 Å². The molecule has 0 spiro atoms. The third-order valence-electron chi connectivity index (χ3n) is 4.14. The molecule has 144 valence electrons. The van der Waals surface area contributed by atoms with E-state index in [9.17, 15) is 10.2 Å². The van der Waals surface area contributed by atoms with Crippen LogP contribution in [0.2, 0.25) is 0 Å². The molecule has 0 radical (unpaired) electrons. The van der Waals surface area contributed by atoms with Gasteiger partial charge >= 0.3 is 0 Å². The maximum atomic E-state index is 10.4. The zero-order chi connectivity index (χ0) is 19.5. The third-order valence-corrected chi connectivity index (χ3v) is 5.24. The Morgan fingerprint density at radius 2 is 1.85 bits per heavy atom. The average Bonchev–Trinajstić information content (AvgIpc) is 2.70. The molecule has 0 fully saturated rings. The van der Waals surface area contributed by atoms with E-state index in [4.69, 9.17) is 10.00 Å². The van der Waals surface area contributed by atoms with Crippen molar-refractivity contribution in [3.05, 3.63) is 54.1 Å². The normalized spacial score (nSPS) is 12.9. The molecule has 5 nitrogen and oxygen atoms in total. The Labute approximate surface area is 165 Å². The van der Waals surface area contributed by atoms with Crippen LogP contribution in [0.1, 0.15) is 25.3 Å². The predicted octanol–water partition coefficient (Wildman–Crippen LogP) is 3.55. The summed E-state index contributed by atoms with van der Waals surface area (Å²) in [6, 6.07) is 16.1. The van der Waals surface area contributed by atoms with Crippen LogP contribution in [-0.4, -0.2) is 41.3 Å². The molecule has 0 aliphatic rings. The minimum Gasteiger partial charge on any atom is -0.508 e. The lowest BCUT2D eigenvalue weighted by atomic mass is 10.1. The first kappa shape index (κ1) is 21.1. The molecule has 27 heavy (non-hydrogen) atoms. The van der Waals surface area contributed by atoms with Crippen LogP contribution in [0.4, 0.5) is 0 Å². The molecular weight excluding hydrogens is 360 g/mol. The van der Waals surface area contributed by atoms with Gasteiger partial charge in [0.05, 0.1) is 11.6 Å². The van der Waals surface area contributed by atoms with Gasteiger partial charge in [0, 0.05) is 10.9 Å². The van der Waals surface area contributed by atoms with Crippen molar-refractivity contribution in [1.29, 1.82) is 5.26 Å². The quantitative estimate of drug-likeness (QED) is 0.404. The van der Waals surface area contributed by atoms with Crippen LogP contribution in [-0.2, 0) is 0 Å². The highest BCUT2D eigenvalue weighted by molar-refractivity contribution is 7.99. The fourth-order valence-electron chi connectivity index (χ4n) is 2.57. The first-order valence-corrected chi connectivity index (χ1v) is 10.1. The van der Waals surface area contributed by atoms with Gasteiger partial charge in [0.2, 0.25) is 0 Å². The summed E-state index contributed by atoms with van der Waals surface area (Å²) >= 11 is 1.75. The number of ether oxygens (including phenoxy) is 1. The van der Waals surface area contributed by atoms with Crippen molar-refractivity contribution >= 4 is 11.8 Å². The number of rotatable bonds is 11. The molecule has 2 atom stereocenters. The smallest absolute Gasteiger partial charge is 0.119 e. The Morgan fingerprint density at radius 3 is 2.48 bits per heavy atom. The van der Waals surface area contributed by atoms with Gasteiger partial charge < -0.3 is 20.3 Å². The number of nitrogens with one attached hydrogen (secondary N) is 1. The molecular formula is C21H26N2O3S. The van der Waals surface area contributed by atoms with Crippen molar-refractivity contribution < 1.29 is 14.9 Å². The summed E-state index contributed by atoms with van der Waals surface area (Å²) in [6.45, 7) is 3.06. The number of benzene rings is 2. The summed E-state index contributed by atoms with van der Waals surface area (Å²) in [5.41, 5.74) is 0.584. The van der Waals surface area contributed by atoms with E-state index in [-0.39, 0.29) is 18.4 Å². The van der Waals surface area contributed by atoms with Gasteiger partial charge in [-0.1, -0.05) is 6.92 Å². The fraction of sp³-hybridized carbons (Fsp3) is 0.381. The Hall–Kier alpha value is -2.20. The number of aliphatic hydroxyl groups excluding tert-OH is 1. The maximum Gasteiger partial charge on any atom is 0.119 e. The summed E-state index contributed by atoms with van der Waals surface area (Å²) in [6.07, 6.45) is 1.18. The molecule has 0 saturated heterocycles. The van der Waals surface area contributed by atoms with Crippen LogP contribution in [0, 0.1) is 11.3 Å². The van der Waals surface area contributed by atoms with Gasteiger partial charge in [0.1, 0.15) is 24.2 Å². The lowest BCUT2D eigenvalue weighted by molar-refractivity contribution is 0.0718. The van der Waals surface area contributed by atoms with Crippen LogP contribution in [0.15, 0.2) is 53.4 Å². The number of nitriles is 1. The highest BCUT2D eigenvalue weighted by Crippen LogP contribution is 2.21. The summed E-state index contributed by atoms with van der Waals surface area (Å²) in [4.78, 5) is 1.13. The van der Waals surface area contributed by atoms with Crippen LogP contribution in [0.3, 0.4) is 0 Å². The first-order chi connectivity index (χ1) is 13.1. The molecule has 0 aliphatic heterocycles. The van der Waals surface area contributed by atoms with E-state index in [0.717, 1.165) is 30.0 Å². The second-order valence-electron chi connectivity index (χ2n) is 6.18. The first-order valence-electron chi connectivity index (χ1n) is 9.08. The van der Waals surface area contributed by atoms with Crippen molar-refractivity contribution in [2.75, 3.05) is 18.9 Å². The van der Waals surface area contributed by atoms with Gasteiger partial charge in [0.15, 0.2) is 0 Å². The number of hydrogen-bond acceptors (Lipinski definition) is 6. The van der Waals surface area contributed by atoms with Crippen LogP contribution in [0.5, 0.6) is 11.5 Å². The topological polar surface area (TPSA) is 85.5 Å². The molecule has 0 amide bonds. The Bertz CT molecular complexity index is 714. The second-order valence-corrected chi connectivity index (χ2v) is 7.35. The van der Waals surface area contributed by atoms with E-state index >= 15 is 0 Å². The molecule has 3 N–H and O–H groups in total. The van der Waals surface area contributed by atoms with Crippen molar-refractivity contribution in [1.82, 2.24) is 5.32 Å². The lowest BCUT2D eigenvalue weighted by Gasteiger charge is -2.23. The Balaban J connectivity index is 1.65. The molecule has 6 heteroatoms. The summed E-state index contributed by atoms with van der Waals surface area (Å²) in [5.74, 6) is 1.89. The van der Waals surface area contributed by atoms with E-state index in [0.29, 0.717) is 11.3 Å². The number of phenols is 1. The number of aliphatic hydroxyl groups is 1. The number of aromatic hydroxyl groups is 1. The van der Waals surface area contributed by atoms with Gasteiger partial charge in [-0.2, -0.15) is 5.26 Å². The number of hydrogen-bond donors (Lipinski definition) is 3.